The maximum absolute atomic E-state index is 11.3. The number of allylic oxidation sites excluding steroid dienone is 1. The van der Waals surface area contributed by atoms with E-state index in [1.807, 2.05) is 25.1 Å². The summed E-state index contributed by atoms with van der Waals surface area (Å²) in [6, 6.07) is 8.03. The normalized spacial score (nSPS) is 15.5. The zero-order valence-electron chi connectivity index (χ0n) is 7.20. The van der Waals surface area contributed by atoms with Gasteiger partial charge in [0.25, 0.3) is 0 Å². The van der Waals surface area contributed by atoms with Crippen LogP contribution in [0.5, 0.6) is 0 Å². The molecule has 1 aliphatic rings. The summed E-state index contributed by atoms with van der Waals surface area (Å²) in [5.74, 6) is 0.00699. The molecule has 0 unspecified atom stereocenters. The third-order valence-corrected chi connectivity index (χ3v) is 4.65. The second-order valence-electron chi connectivity index (χ2n) is 2.84. The average molecular weight is 287 g/mol. The maximum atomic E-state index is 11.3. The van der Waals surface area contributed by atoms with Gasteiger partial charge in [0, 0.05) is 0 Å². The van der Waals surface area contributed by atoms with E-state index >= 15 is 0 Å². The summed E-state index contributed by atoms with van der Waals surface area (Å²) in [4.78, 5) is 11.3. The number of fused-ring (bicyclic) bond motifs is 1. The number of carbonyl (C=O) groups is 1. The predicted octanol–water partition coefficient (Wildman–Crippen LogP) is 0.872. The number of carbonyl (C=O) groups excluding carboxylic acids is 1. The van der Waals surface area contributed by atoms with Crippen molar-refractivity contribution < 1.29 is 4.79 Å². The van der Waals surface area contributed by atoms with Crippen molar-refractivity contribution in [2.24, 2.45) is 0 Å². The van der Waals surface area contributed by atoms with Gasteiger partial charge < -0.3 is 0 Å². The molecule has 1 N–H and O–H groups in total. The van der Waals surface area contributed by atoms with Gasteiger partial charge in [-0.25, -0.2) is 0 Å². The van der Waals surface area contributed by atoms with Gasteiger partial charge in [0.05, 0.1) is 0 Å². The Bertz CT molecular complexity index is 384. The van der Waals surface area contributed by atoms with E-state index in [1.165, 1.54) is 7.23 Å². The summed E-state index contributed by atoms with van der Waals surface area (Å²) in [5.41, 5.74) is 0.989. The predicted molar refractivity (Wildman–Crippen MR) is 54.2 cm³/mol. The molecule has 0 atom stereocenters. The van der Waals surface area contributed by atoms with Crippen LogP contribution >= 0.6 is 0 Å². The van der Waals surface area contributed by atoms with Crippen molar-refractivity contribution in [1.29, 1.82) is 0 Å². The van der Waals surface area contributed by atoms with Crippen LogP contribution in [0.4, 0.5) is 5.69 Å². The van der Waals surface area contributed by atoms with Crippen LogP contribution in [0.2, 0.25) is 0 Å². The second kappa shape index (κ2) is 3.53. The summed E-state index contributed by atoms with van der Waals surface area (Å²) in [7, 11) is 0. The molecule has 1 amide bonds. The van der Waals surface area contributed by atoms with Crippen molar-refractivity contribution in [2.75, 3.05) is 5.32 Å². The third kappa shape index (κ3) is 1.93. The Kier molecular flexibility index (Phi) is 2.39. The Balaban J connectivity index is 2.46. The number of rotatable bonds is 0. The van der Waals surface area contributed by atoms with Gasteiger partial charge in [-0.3, -0.25) is 0 Å². The summed E-state index contributed by atoms with van der Waals surface area (Å²) in [6.45, 7) is 2.03. The summed E-state index contributed by atoms with van der Waals surface area (Å²) < 4.78 is 2.54. The number of hydrogen-bond acceptors (Lipinski definition) is 1. The first-order valence-corrected chi connectivity index (χ1v) is 6.35. The van der Waals surface area contributed by atoms with Gasteiger partial charge in [0.2, 0.25) is 0 Å². The molecule has 1 heterocycles. The molecule has 3 heteroatoms. The molecule has 0 fully saturated rings. The first-order valence-electron chi connectivity index (χ1n) is 4.02. The zero-order valence-corrected chi connectivity index (χ0v) is 9.53. The fourth-order valence-electron chi connectivity index (χ4n) is 1.22. The van der Waals surface area contributed by atoms with Crippen LogP contribution in [0.1, 0.15) is 6.92 Å². The van der Waals surface area contributed by atoms with Crippen LogP contribution in [0.3, 0.4) is 0 Å². The molecule has 0 saturated carbocycles. The second-order valence-corrected chi connectivity index (χ2v) is 6.52. The van der Waals surface area contributed by atoms with E-state index < -0.39 is 0 Å². The third-order valence-electron chi connectivity index (χ3n) is 1.75. The van der Waals surface area contributed by atoms with Gasteiger partial charge in [-0.1, -0.05) is 0 Å². The van der Waals surface area contributed by atoms with Crippen LogP contribution in [-0.2, 0) is 4.79 Å². The van der Waals surface area contributed by atoms with E-state index in [4.69, 9.17) is 0 Å². The summed E-state index contributed by atoms with van der Waals surface area (Å²) in [5, 5.41) is 2.87. The number of amides is 1. The van der Waals surface area contributed by atoms with E-state index in [0.717, 1.165) is 5.69 Å². The Hall–Kier alpha value is -0.780. The molecule has 0 radical (unpaired) electrons. The van der Waals surface area contributed by atoms with E-state index in [1.54, 1.807) is 6.08 Å². The number of nitrogens with one attached hydrogen (secondary N) is 1. The average Bonchev–Trinajstić information content (AvgIpc) is 2.20. The number of anilines is 1. The van der Waals surface area contributed by atoms with Crippen molar-refractivity contribution in [1.82, 2.24) is 0 Å². The molecule has 0 bridgehead atoms. The van der Waals surface area contributed by atoms with E-state index in [2.05, 4.69) is 11.4 Å². The minimum absolute atomic E-state index is 0.00699. The number of para-hydroxylation sites is 1. The Labute approximate surface area is 87.1 Å². The van der Waals surface area contributed by atoms with Crippen molar-refractivity contribution >= 4 is 36.1 Å². The van der Waals surface area contributed by atoms with Crippen molar-refractivity contribution in [3.8, 4) is 0 Å². The van der Waals surface area contributed by atoms with E-state index in [9.17, 15) is 4.79 Å². The SMILES string of the molecule is CC1=CC(=O)Nc2ccccc2[Te]1. The van der Waals surface area contributed by atoms with Gasteiger partial charge in [0.15, 0.2) is 0 Å². The van der Waals surface area contributed by atoms with Crippen LogP contribution in [0.25, 0.3) is 0 Å². The molecule has 2 rings (SSSR count). The van der Waals surface area contributed by atoms with Gasteiger partial charge in [-0.15, -0.1) is 0 Å². The molecule has 0 aromatic heterocycles. The Morgan fingerprint density at radius 2 is 2.08 bits per heavy atom. The summed E-state index contributed by atoms with van der Waals surface area (Å²) >= 11 is -0.327. The molecular formula is C10H9NOTe. The van der Waals surface area contributed by atoms with Crippen LogP contribution in [0.15, 0.2) is 34.0 Å². The van der Waals surface area contributed by atoms with Crippen LogP contribution in [-0.4, -0.2) is 26.8 Å². The fourth-order valence-corrected chi connectivity index (χ4v) is 3.75. The fraction of sp³-hybridized carbons (Fsp3) is 0.100. The molecule has 0 aliphatic carbocycles. The quantitative estimate of drug-likeness (QED) is 0.705. The van der Waals surface area contributed by atoms with Crippen LogP contribution < -0.4 is 8.93 Å². The zero-order chi connectivity index (χ0) is 9.26. The first kappa shape index (κ1) is 8.80. The summed E-state index contributed by atoms with van der Waals surface area (Å²) in [6.07, 6.45) is 1.71. The molecular weight excluding hydrogens is 278 g/mol. The molecule has 13 heavy (non-hydrogen) atoms. The van der Waals surface area contributed by atoms with Crippen molar-refractivity contribution in [3.63, 3.8) is 0 Å². The topological polar surface area (TPSA) is 29.1 Å². The number of hydrogen-bond donors (Lipinski definition) is 1. The number of benzene rings is 1. The Morgan fingerprint density at radius 3 is 2.92 bits per heavy atom. The van der Waals surface area contributed by atoms with Crippen LogP contribution in [0, 0.1) is 0 Å². The van der Waals surface area contributed by atoms with Gasteiger partial charge >= 0.3 is 87.1 Å². The molecule has 66 valence electrons. The van der Waals surface area contributed by atoms with Gasteiger partial charge in [-0.2, -0.15) is 0 Å². The Morgan fingerprint density at radius 1 is 1.31 bits per heavy atom. The first-order chi connectivity index (χ1) is 6.25. The molecule has 1 aromatic rings. The molecule has 0 saturated heterocycles. The standard InChI is InChI=1S/C10H9NOTe/c1-7-6-10(12)11-8-4-2-3-5-9(8)13-7/h2-6H,1H3,(H,11,12). The monoisotopic (exact) mass is 289 g/mol. The van der Waals surface area contributed by atoms with E-state index in [0.29, 0.717) is 0 Å². The van der Waals surface area contributed by atoms with E-state index in [-0.39, 0.29) is 26.8 Å². The van der Waals surface area contributed by atoms with Gasteiger partial charge in [-0.05, 0) is 0 Å². The van der Waals surface area contributed by atoms with Crippen molar-refractivity contribution in [3.05, 3.63) is 34.0 Å². The molecule has 1 aromatic carbocycles. The molecule has 1 aliphatic heterocycles. The molecule has 0 spiro atoms. The molecule has 2 nitrogen and oxygen atoms in total. The minimum atomic E-state index is -0.327. The van der Waals surface area contributed by atoms with Gasteiger partial charge in [0.1, 0.15) is 0 Å². The van der Waals surface area contributed by atoms with Crippen molar-refractivity contribution in [2.45, 2.75) is 6.92 Å².